The van der Waals surface area contributed by atoms with Crippen LogP contribution in [0, 0.1) is 17.3 Å². The van der Waals surface area contributed by atoms with Crippen LogP contribution >= 0.6 is 0 Å². The third kappa shape index (κ3) is 1.93. The number of hydrazone groups is 1. The Bertz CT molecular complexity index is 564. The molecule has 0 unspecified atom stereocenters. The highest BCUT2D eigenvalue weighted by Gasteiger charge is 2.51. The maximum absolute atomic E-state index is 12.3. The van der Waals surface area contributed by atoms with Gasteiger partial charge in [0, 0.05) is 0 Å². The Labute approximate surface area is 125 Å². The average Bonchev–Trinajstić information content (AvgIpc) is 2.67. The molecular weight excluding hydrogens is 266 g/mol. The number of fused-ring (bicyclic) bond motifs is 1. The van der Waals surface area contributed by atoms with Gasteiger partial charge in [-0.15, -0.1) is 5.01 Å². The maximum atomic E-state index is 12.3. The van der Waals surface area contributed by atoms with Crippen molar-refractivity contribution >= 4 is 18.2 Å². The first-order chi connectivity index (χ1) is 9.79. The molecule has 1 saturated heterocycles. The van der Waals surface area contributed by atoms with E-state index in [9.17, 15) is 9.59 Å². The normalized spacial score (nSPS) is 37.5. The largest absolute Gasteiger partial charge is 0.346 e. The van der Waals surface area contributed by atoms with Crippen molar-refractivity contribution < 1.29 is 9.59 Å². The summed E-state index contributed by atoms with van der Waals surface area (Å²) in [4.78, 5) is 24.2. The van der Waals surface area contributed by atoms with E-state index in [0.29, 0.717) is 17.8 Å². The number of imide groups is 1. The molecule has 114 valence electrons. The van der Waals surface area contributed by atoms with Crippen LogP contribution in [0.2, 0.25) is 0 Å². The summed E-state index contributed by atoms with van der Waals surface area (Å²) < 4.78 is 0. The van der Waals surface area contributed by atoms with Crippen LogP contribution in [0.15, 0.2) is 16.8 Å². The number of carbonyl (C=O) groups is 2. The van der Waals surface area contributed by atoms with Gasteiger partial charge in [0.25, 0.3) is 5.91 Å². The molecule has 0 spiro atoms. The highest BCUT2D eigenvalue weighted by atomic mass is 16.2. The second-order valence-electron chi connectivity index (χ2n) is 7.22. The zero-order valence-electron chi connectivity index (χ0n) is 13.1. The van der Waals surface area contributed by atoms with Crippen molar-refractivity contribution in [3.05, 3.63) is 11.6 Å². The molecule has 3 atom stereocenters. The lowest BCUT2D eigenvalue weighted by atomic mass is 9.49. The van der Waals surface area contributed by atoms with Crippen LogP contribution in [0.5, 0.6) is 0 Å². The standard InChI is InChI=1S/C16H23N3O2/c1-5-16(4)13(20)19(14(21)18-16)17-9-10-6-7-11-8-12(10)15(11,2)3/h6,9,11-12H,5,7-8H2,1-4H3,(H,18,21)/b17-9-/t11-,12-,16-/m0/s1. The first-order valence-electron chi connectivity index (χ1n) is 7.70. The number of amides is 3. The van der Waals surface area contributed by atoms with Crippen molar-refractivity contribution in [3.63, 3.8) is 0 Å². The Morgan fingerprint density at radius 3 is 2.67 bits per heavy atom. The molecule has 0 aromatic carbocycles. The number of carbonyl (C=O) groups excluding carboxylic acids is 2. The number of urea groups is 1. The molecule has 0 aromatic heterocycles. The van der Waals surface area contributed by atoms with E-state index in [0.717, 1.165) is 22.9 Å². The molecule has 4 aliphatic rings. The Kier molecular flexibility index (Phi) is 3.01. The summed E-state index contributed by atoms with van der Waals surface area (Å²) in [6.07, 6.45) is 6.73. The summed E-state index contributed by atoms with van der Waals surface area (Å²) >= 11 is 0. The zero-order chi connectivity index (χ0) is 15.4. The van der Waals surface area contributed by atoms with Crippen LogP contribution in [0.25, 0.3) is 0 Å². The predicted molar refractivity (Wildman–Crippen MR) is 80.6 cm³/mol. The Hall–Kier alpha value is -1.65. The number of nitrogens with zero attached hydrogens (tertiary/aromatic N) is 2. The number of nitrogens with one attached hydrogen (secondary N) is 1. The molecule has 2 bridgehead atoms. The van der Waals surface area contributed by atoms with Gasteiger partial charge in [-0.2, -0.15) is 5.10 Å². The van der Waals surface area contributed by atoms with Crippen molar-refractivity contribution in [2.75, 3.05) is 0 Å². The SMILES string of the molecule is CC[C@]1(C)NC(=O)N(/N=C\C2=CC[C@H]3C[C@@H]2C3(C)C)C1=O. The first-order valence-corrected chi connectivity index (χ1v) is 7.70. The first kappa shape index (κ1) is 14.3. The van der Waals surface area contributed by atoms with Gasteiger partial charge in [0.2, 0.25) is 0 Å². The molecule has 1 aliphatic heterocycles. The van der Waals surface area contributed by atoms with Crippen LogP contribution in [-0.4, -0.2) is 28.7 Å². The lowest BCUT2D eigenvalue weighted by molar-refractivity contribution is -0.130. The molecule has 4 rings (SSSR count). The van der Waals surface area contributed by atoms with Gasteiger partial charge >= 0.3 is 6.03 Å². The Morgan fingerprint density at radius 1 is 1.43 bits per heavy atom. The summed E-state index contributed by atoms with van der Waals surface area (Å²) in [6.45, 7) is 8.19. The highest BCUT2D eigenvalue weighted by molar-refractivity contribution is 6.07. The van der Waals surface area contributed by atoms with E-state index in [1.807, 2.05) is 6.92 Å². The van der Waals surface area contributed by atoms with Crippen molar-refractivity contribution in [1.29, 1.82) is 0 Å². The quantitative estimate of drug-likeness (QED) is 0.641. The molecule has 2 fully saturated rings. The summed E-state index contributed by atoms with van der Waals surface area (Å²) in [5, 5.41) is 7.85. The molecule has 3 amide bonds. The van der Waals surface area contributed by atoms with Crippen molar-refractivity contribution in [3.8, 4) is 0 Å². The van der Waals surface area contributed by atoms with Gasteiger partial charge in [0.15, 0.2) is 0 Å². The fourth-order valence-corrected chi connectivity index (χ4v) is 3.68. The van der Waals surface area contributed by atoms with E-state index in [1.54, 1.807) is 13.1 Å². The minimum absolute atomic E-state index is 0.270. The van der Waals surface area contributed by atoms with E-state index < -0.39 is 11.6 Å². The third-order valence-corrected chi connectivity index (χ3v) is 5.78. The van der Waals surface area contributed by atoms with Crippen LogP contribution in [0.3, 0.4) is 0 Å². The van der Waals surface area contributed by atoms with E-state index in [1.165, 1.54) is 6.42 Å². The van der Waals surface area contributed by atoms with Gasteiger partial charge in [-0.3, -0.25) is 4.79 Å². The summed E-state index contributed by atoms with van der Waals surface area (Å²) in [6, 6.07) is -0.428. The number of rotatable bonds is 3. The maximum Gasteiger partial charge on any atom is 0.346 e. The van der Waals surface area contributed by atoms with E-state index >= 15 is 0 Å². The van der Waals surface area contributed by atoms with Crippen molar-refractivity contribution in [2.24, 2.45) is 22.4 Å². The summed E-state index contributed by atoms with van der Waals surface area (Å²) in [5.41, 5.74) is 0.648. The Balaban J connectivity index is 1.77. The Morgan fingerprint density at radius 2 is 2.14 bits per heavy atom. The smallest absolute Gasteiger partial charge is 0.322 e. The minimum Gasteiger partial charge on any atom is -0.322 e. The second-order valence-corrected chi connectivity index (χ2v) is 7.22. The number of hydrogen-bond donors (Lipinski definition) is 1. The van der Waals surface area contributed by atoms with Gasteiger partial charge in [0.1, 0.15) is 5.54 Å². The highest BCUT2D eigenvalue weighted by Crippen LogP contribution is 2.58. The van der Waals surface area contributed by atoms with E-state index in [4.69, 9.17) is 0 Å². The fraction of sp³-hybridized carbons (Fsp3) is 0.688. The molecule has 1 heterocycles. The number of allylic oxidation sites excluding steroid dienone is 2. The minimum atomic E-state index is -0.823. The van der Waals surface area contributed by atoms with Gasteiger partial charge in [-0.05, 0) is 49.0 Å². The molecule has 1 N–H and O–H groups in total. The topological polar surface area (TPSA) is 61.8 Å². The van der Waals surface area contributed by atoms with Gasteiger partial charge < -0.3 is 5.32 Å². The van der Waals surface area contributed by atoms with Gasteiger partial charge in [-0.1, -0.05) is 26.8 Å². The van der Waals surface area contributed by atoms with E-state index in [2.05, 4.69) is 30.3 Å². The second kappa shape index (κ2) is 4.42. The molecule has 3 aliphatic carbocycles. The van der Waals surface area contributed by atoms with Crippen molar-refractivity contribution in [2.45, 2.75) is 52.5 Å². The van der Waals surface area contributed by atoms with Crippen molar-refractivity contribution in [1.82, 2.24) is 10.3 Å². The number of hydrogen-bond acceptors (Lipinski definition) is 3. The van der Waals surface area contributed by atoms with Gasteiger partial charge in [-0.25, -0.2) is 4.79 Å². The average molecular weight is 289 g/mol. The van der Waals surface area contributed by atoms with Crippen LogP contribution in [0.4, 0.5) is 4.79 Å². The monoisotopic (exact) mass is 289 g/mol. The molecular formula is C16H23N3O2. The molecule has 0 radical (unpaired) electrons. The zero-order valence-corrected chi connectivity index (χ0v) is 13.1. The fourth-order valence-electron chi connectivity index (χ4n) is 3.68. The molecule has 5 heteroatoms. The van der Waals surface area contributed by atoms with Crippen LogP contribution < -0.4 is 5.32 Å². The summed E-state index contributed by atoms with van der Waals surface area (Å²) in [7, 11) is 0. The summed E-state index contributed by atoms with van der Waals surface area (Å²) in [5.74, 6) is 0.992. The predicted octanol–water partition coefficient (Wildman–Crippen LogP) is 2.69. The third-order valence-electron chi connectivity index (χ3n) is 5.78. The molecule has 1 saturated carbocycles. The molecule has 0 aromatic rings. The van der Waals surface area contributed by atoms with E-state index in [-0.39, 0.29) is 5.91 Å². The molecule has 5 nitrogen and oxygen atoms in total. The van der Waals surface area contributed by atoms with Gasteiger partial charge in [0.05, 0.1) is 6.21 Å². The lowest BCUT2D eigenvalue weighted by Crippen LogP contribution is -2.48. The van der Waals surface area contributed by atoms with Crippen LogP contribution in [0.1, 0.15) is 47.0 Å². The van der Waals surface area contributed by atoms with Crippen LogP contribution in [-0.2, 0) is 4.79 Å². The molecule has 21 heavy (non-hydrogen) atoms. The lowest BCUT2D eigenvalue weighted by Gasteiger charge is -2.55.